The number of carbonyl (C=O) groups excluding carboxylic acids is 2. The van der Waals surface area contributed by atoms with Gasteiger partial charge < -0.3 is 4.74 Å². The summed E-state index contributed by atoms with van der Waals surface area (Å²) in [5, 5.41) is 0. The lowest BCUT2D eigenvalue weighted by atomic mass is 9.88. The van der Waals surface area contributed by atoms with Gasteiger partial charge in [-0.3, -0.25) is 9.59 Å². The molecule has 0 saturated carbocycles. The summed E-state index contributed by atoms with van der Waals surface area (Å²) in [6.45, 7) is 0. The van der Waals surface area contributed by atoms with Crippen LogP contribution in [0.5, 0.6) is 5.75 Å². The first-order valence-electron chi connectivity index (χ1n) is 6.57. The fourth-order valence-electron chi connectivity index (χ4n) is 2.31. The molecule has 0 aromatic heterocycles. The van der Waals surface area contributed by atoms with Crippen LogP contribution in [0.3, 0.4) is 0 Å². The Morgan fingerprint density at radius 3 is 2.29 bits per heavy atom. The second-order valence-electron chi connectivity index (χ2n) is 4.73. The monoisotopic (exact) mass is 279 g/mol. The molecule has 0 amide bonds. The molecule has 0 radical (unpaired) electrons. The third kappa shape index (κ3) is 2.48. The van der Waals surface area contributed by atoms with E-state index in [-0.39, 0.29) is 23.7 Å². The Morgan fingerprint density at radius 2 is 1.62 bits per heavy atom. The molecule has 0 atom stereocenters. The van der Waals surface area contributed by atoms with Crippen LogP contribution in [-0.2, 0) is 0 Å². The Hall–Kier alpha value is -2.75. The van der Waals surface area contributed by atoms with E-state index in [1.165, 1.54) is 0 Å². The molecule has 1 aliphatic rings. The Balaban J connectivity index is 1.98. The molecular weight excluding hydrogens is 266 g/mol. The van der Waals surface area contributed by atoms with Gasteiger partial charge in [-0.2, -0.15) is 0 Å². The number of aliphatic imine (C=N–C) groups is 1. The Bertz CT molecular complexity index is 745. The van der Waals surface area contributed by atoms with Gasteiger partial charge in [-0.1, -0.05) is 24.3 Å². The predicted molar refractivity (Wildman–Crippen MR) is 79.8 cm³/mol. The highest BCUT2D eigenvalue weighted by atomic mass is 16.5. The van der Waals surface area contributed by atoms with Crippen LogP contribution in [-0.4, -0.2) is 24.4 Å². The molecule has 21 heavy (non-hydrogen) atoms. The Kier molecular flexibility index (Phi) is 3.36. The van der Waals surface area contributed by atoms with E-state index in [0.717, 1.165) is 5.75 Å². The zero-order valence-corrected chi connectivity index (χ0v) is 11.5. The maximum atomic E-state index is 12.4. The Labute approximate surface area is 122 Å². The van der Waals surface area contributed by atoms with Crippen molar-refractivity contribution < 1.29 is 14.3 Å². The van der Waals surface area contributed by atoms with Crippen LogP contribution in [0.4, 0.5) is 5.69 Å². The minimum atomic E-state index is -0.180. The molecular formula is C17H13NO3. The van der Waals surface area contributed by atoms with Gasteiger partial charge in [0.1, 0.15) is 5.75 Å². The third-order valence-electron chi connectivity index (χ3n) is 3.40. The molecule has 0 saturated heterocycles. The van der Waals surface area contributed by atoms with Crippen LogP contribution >= 0.6 is 0 Å². The third-order valence-corrected chi connectivity index (χ3v) is 3.40. The van der Waals surface area contributed by atoms with E-state index in [2.05, 4.69) is 4.99 Å². The molecule has 3 rings (SSSR count). The quantitative estimate of drug-likeness (QED) is 0.848. The number of carbonyl (C=O) groups is 2. The molecule has 0 fully saturated rings. The van der Waals surface area contributed by atoms with Crippen molar-refractivity contribution in [1.82, 2.24) is 0 Å². The number of nitrogens with zero attached hydrogens (tertiary/aromatic N) is 1. The van der Waals surface area contributed by atoms with Gasteiger partial charge in [0.15, 0.2) is 5.78 Å². The normalized spacial score (nSPS) is 16.0. The van der Waals surface area contributed by atoms with E-state index in [0.29, 0.717) is 16.8 Å². The number of benzene rings is 2. The molecule has 0 bridgehead atoms. The summed E-state index contributed by atoms with van der Waals surface area (Å²) >= 11 is 0. The van der Waals surface area contributed by atoms with Gasteiger partial charge >= 0.3 is 0 Å². The van der Waals surface area contributed by atoms with E-state index >= 15 is 0 Å². The highest BCUT2D eigenvalue weighted by molar-refractivity contribution is 6.53. The summed E-state index contributed by atoms with van der Waals surface area (Å²) in [5.74, 6) is 0.467. The minimum absolute atomic E-state index is 0.0435. The largest absolute Gasteiger partial charge is 0.497 e. The lowest BCUT2D eigenvalue weighted by Gasteiger charge is -2.15. The second kappa shape index (κ2) is 5.32. The molecule has 0 heterocycles. The maximum absolute atomic E-state index is 12.4. The van der Waals surface area contributed by atoms with Gasteiger partial charge in [0, 0.05) is 11.1 Å². The SMILES string of the molecule is COc1ccc(N=C2CC(=O)c3ccccc3C2=O)cc1. The maximum Gasteiger partial charge on any atom is 0.208 e. The van der Waals surface area contributed by atoms with Crippen LogP contribution < -0.4 is 4.74 Å². The molecule has 4 heteroatoms. The molecule has 104 valence electrons. The van der Waals surface area contributed by atoms with Gasteiger partial charge in [0.05, 0.1) is 24.9 Å². The van der Waals surface area contributed by atoms with Crippen LogP contribution in [0.2, 0.25) is 0 Å². The number of ketones is 2. The summed E-state index contributed by atoms with van der Waals surface area (Å²) in [7, 11) is 1.58. The van der Waals surface area contributed by atoms with Crippen molar-refractivity contribution in [1.29, 1.82) is 0 Å². The van der Waals surface area contributed by atoms with Gasteiger partial charge in [-0.25, -0.2) is 4.99 Å². The van der Waals surface area contributed by atoms with E-state index in [1.54, 1.807) is 55.6 Å². The van der Waals surface area contributed by atoms with E-state index in [9.17, 15) is 9.59 Å². The molecule has 0 aliphatic heterocycles. The first-order valence-corrected chi connectivity index (χ1v) is 6.57. The highest BCUT2D eigenvalue weighted by Gasteiger charge is 2.28. The van der Waals surface area contributed by atoms with Crippen LogP contribution in [0.15, 0.2) is 53.5 Å². The number of hydrogen-bond acceptors (Lipinski definition) is 4. The van der Waals surface area contributed by atoms with Crippen molar-refractivity contribution in [2.75, 3.05) is 7.11 Å². The zero-order chi connectivity index (χ0) is 14.8. The molecule has 4 nitrogen and oxygen atoms in total. The summed E-state index contributed by atoms with van der Waals surface area (Å²) < 4.78 is 5.07. The van der Waals surface area contributed by atoms with Crippen molar-refractivity contribution >= 4 is 23.0 Å². The number of fused-ring (bicyclic) bond motifs is 1. The number of hydrogen-bond donors (Lipinski definition) is 0. The summed E-state index contributed by atoms with van der Waals surface area (Å²) in [5.41, 5.74) is 1.83. The zero-order valence-electron chi connectivity index (χ0n) is 11.5. The molecule has 0 spiro atoms. The fraction of sp³-hybridized carbons (Fsp3) is 0.118. The van der Waals surface area contributed by atoms with Crippen molar-refractivity contribution in [3.63, 3.8) is 0 Å². The number of ether oxygens (including phenoxy) is 1. The highest BCUT2D eigenvalue weighted by Crippen LogP contribution is 2.23. The fourth-order valence-corrected chi connectivity index (χ4v) is 2.31. The van der Waals surface area contributed by atoms with Crippen LogP contribution in [0.25, 0.3) is 0 Å². The van der Waals surface area contributed by atoms with Crippen molar-refractivity contribution in [2.45, 2.75) is 6.42 Å². The molecule has 2 aromatic carbocycles. The first kappa shape index (κ1) is 13.2. The lowest BCUT2D eigenvalue weighted by molar-refractivity contribution is 0.0965. The average Bonchev–Trinajstić information content (AvgIpc) is 2.53. The Morgan fingerprint density at radius 1 is 0.952 bits per heavy atom. The van der Waals surface area contributed by atoms with Crippen molar-refractivity contribution in [3.05, 3.63) is 59.7 Å². The van der Waals surface area contributed by atoms with Gasteiger partial charge in [-0.15, -0.1) is 0 Å². The summed E-state index contributed by atoms with van der Waals surface area (Å²) in [4.78, 5) is 28.8. The van der Waals surface area contributed by atoms with E-state index in [1.807, 2.05) is 0 Å². The smallest absolute Gasteiger partial charge is 0.208 e. The molecule has 0 N–H and O–H groups in total. The van der Waals surface area contributed by atoms with Gasteiger partial charge in [0.25, 0.3) is 0 Å². The standard InChI is InChI=1S/C17H13NO3/c1-21-12-8-6-11(7-9-12)18-15-10-16(19)13-4-2-3-5-14(13)17(15)20/h2-9H,10H2,1H3. The lowest BCUT2D eigenvalue weighted by Crippen LogP contribution is -2.26. The van der Waals surface area contributed by atoms with Gasteiger partial charge in [0.2, 0.25) is 5.78 Å². The number of rotatable bonds is 2. The molecule has 1 aliphatic carbocycles. The summed E-state index contributed by atoms with van der Waals surface area (Å²) in [6, 6.07) is 13.9. The van der Waals surface area contributed by atoms with Crippen LogP contribution in [0, 0.1) is 0 Å². The molecule has 2 aromatic rings. The van der Waals surface area contributed by atoms with E-state index in [4.69, 9.17) is 4.74 Å². The van der Waals surface area contributed by atoms with Crippen molar-refractivity contribution in [2.24, 2.45) is 4.99 Å². The van der Waals surface area contributed by atoms with Crippen molar-refractivity contribution in [3.8, 4) is 5.75 Å². The first-order chi connectivity index (χ1) is 10.2. The van der Waals surface area contributed by atoms with E-state index < -0.39 is 0 Å². The topological polar surface area (TPSA) is 55.7 Å². The second-order valence-corrected chi connectivity index (χ2v) is 4.73. The number of methoxy groups -OCH3 is 1. The number of Topliss-reactive ketones (excluding diaryl/α,β-unsaturated/α-hetero) is 2. The molecule has 0 unspecified atom stereocenters. The predicted octanol–water partition coefficient (Wildman–Crippen LogP) is 3.24. The van der Waals surface area contributed by atoms with Gasteiger partial charge in [-0.05, 0) is 24.3 Å². The summed E-state index contributed by atoms with van der Waals surface area (Å²) in [6.07, 6.45) is 0.0435. The minimum Gasteiger partial charge on any atom is -0.497 e. The van der Waals surface area contributed by atoms with Crippen LogP contribution in [0.1, 0.15) is 27.1 Å². The average molecular weight is 279 g/mol.